The monoisotopic (exact) mass is 249 g/mol. The first kappa shape index (κ1) is 14.7. The Bertz CT molecular complexity index is 349. The van der Waals surface area contributed by atoms with Crippen LogP contribution in [0.15, 0.2) is 30.3 Å². The Morgan fingerprint density at radius 1 is 1.28 bits per heavy atom. The van der Waals surface area contributed by atoms with Crippen LogP contribution in [-0.4, -0.2) is 30.1 Å². The molecule has 3 heteroatoms. The zero-order chi connectivity index (χ0) is 13.4. The van der Waals surface area contributed by atoms with Crippen LogP contribution in [-0.2, 0) is 16.1 Å². The van der Waals surface area contributed by atoms with Gasteiger partial charge in [-0.1, -0.05) is 30.3 Å². The van der Waals surface area contributed by atoms with Crippen LogP contribution in [0.4, 0.5) is 0 Å². The highest BCUT2D eigenvalue weighted by Gasteiger charge is 2.12. The second-order valence-corrected chi connectivity index (χ2v) is 4.60. The molecule has 0 aromatic heterocycles. The molecule has 0 spiro atoms. The third kappa shape index (κ3) is 5.32. The third-order valence-corrected chi connectivity index (χ3v) is 2.87. The predicted octanol–water partition coefficient (Wildman–Crippen LogP) is 2.85. The number of carbonyl (C=O) groups is 1. The summed E-state index contributed by atoms with van der Waals surface area (Å²) in [6, 6.07) is 10.7. The largest absolute Gasteiger partial charge is 0.466 e. The Kier molecular flexibility index (Phi) is 6.44. The van der Waals surface area contributed by atoms with Gasteiger partial charge < -0.3 is 4.74 Å². The number of ether oxygens (including phenoxy) is 1. The van der Waals surface area contributed by atoms with Gasteiger partial charge in [0.25, 0.3) is 0 Å². The molecule has 1 aromatic rings. The zero-order valence-corrected chi connectivity index (χ0v) is 11.6. The highest BCUT2D eigenvalue weighted by molar-refractivity contribution is 5.69. The average molecular weight is 249 g/mol. The molecule has 0 atom stereocenters. The lowest BCUT2D eigenvalue weighted by atomic mass is 10.2. The molecule has 0 saturated heterocycles. The lowest BCUT2D eigenvalue weighted by molar-refractivity contribution is -0.143. The van der Waals surface area contributed by atoms with Gasteiger partial charge in [0.15, 0.2) is 0 Å². The van der Waals surface area contributed by atoms with Gasteiger partial charge in [-0.05, 0) is 26.3 Å². The molecule has 0 aliphatic heterocycles. The minimum atomic E-state index is -0.115. The van der Waals surface area contributed by atoms with E-state index in [1.807, 2.05) is 25.1 Å². The van der Waals surface area contributed by atoms with Crippen LogP contribution in [0.5, 0.6) is 0 Å². The van der Waals surface area contributed by atoms with Crippen molar-refractivity contribution in [3.63, 3.8) is 0 Å². The molecule has 0 radical (unpaired) electrons. The number of carbonyl (C=O) groups excluding carboxylic acids is 1. The zero-order valence-electron chi connectivity index (χ0n) is 11.6. The van der Waals surface area contributed by atoms with E-state index >= 15 is 0 Å². The van der Waals surface area contributed by atoms with Crippen molar-refractivity contribution in [1.82, 2.24) is 4.90 Å². The van der Waals surface area contributed by atoms with E-state index in [0.29, 0.717) is 19.1 Å². The fourth-order valence-corrected chi connectivity index (χ4v) is 1.81. The van der Waals surface area contributed by atoms with E-state index < -0.39 is 0 Å². The molecule has 100 valence electrons. The summed E-state index contributed by atoms with van der Waals surface area (Å²) in [5.74, 6) is -0.115. The lowest BCUT2D eigenvalue weighted by Crippen LogP contribution is -2.32. The van der Waals surface area contributed by atoms with Gasteiger partial charge in [0, 0.05) is 19.1 Å². The molecule has 0 N–H and O–H groups in total. The summed E-state index contributed by atoms with van der Waals surface area (Å²) in [5.41, 5.74) is 1.27. The quantitative estimate of drug-likeness (QED) is 0.696. The topological polar surface area (TPSA) is 29.5 Å². The number of hydrogen-bond acceptors (Lipinski definition) is 3. The van der Waals surface area contributed by atoms with Crippen molar-refractivity contribution in [2.45, 2.75) is 39.8 Å². The van der Waals surface area contributed by atoms with Crippen molar-refractivity contribution in [3.05, 3.63) is 35.9 Å². The standard InChI is InChI=1S/C15H23NO2/c1-4-18-15(17)10-11-16(13(2)3)12-14-8-6-5-7-9-14/h5-9,13H,4,10-12H2,1-3H3. The molecule has 0 aliphatic rings. The third-order valence-electron chi connectivity index (χ3n) is 2.87. The Morgan fingerprint density at radius 2 is 1.94 bits per heavy atom. The van der Waals surface area contributed by atoms with E-state index in [1.54, 1.807) is 0 Å². The Hall–Kier alpha value is -1.35. The van der Waals surface area contributed by atoms with E-state index in [2.05, 4.69) is 30.9 Å². The van der Waals surface area contributed by atoms with E-state index in [9.17, 15) is 4.79 Å². The van der Waals surface area contributed by atoms with Crippen molar-refractivity contribution in [3.8, 4) is 0 Å². The molecule has 1 aromatic carbocycles. The highest BCUT2D eigenvalue weighted by atomic mass is 16.5. The van der Waals surface area contributed by atoms with Crippen LogP contribution in [0.25, 0.3) is 0 Å². The molecule has 0 amide bonds. The molecule has 3 nitrogen and oxygen atoms in total. The first-order valence-corrected chi connectivity index (χ1v) is 6.57. The van der Waals surface area contributed by atoms with E-state index in [0.717, 1.165) is 13.1 Å². The Labute approximate surface area is 110 Å². The molecule has 0 aliphatic carbocycles. The van der Waals surface area contributed by atoms with Crippen LogP contribution < -0.4 is 0 Å². The second kappa shape index (κ2) is 7.88. The molecule has 18 heavy (non-hydrogen) atoms. The van der Waals surface area contributed by atoms with Crippen molar-refractivity contribution in [2.24, 2.45) is 0 Å². The van der Waals surface area contributed by atoms with E-state index in [-0.39, 0.29) is 5.97 Å². The highest BCUT2D eigenvalue weighted by Crippen LogP contribution is 2.09. The second-order valence-electron chi connectivity index (χ2n) is 4.60. The lowest BCUT2D eigenvalue weighted by Gasteiger charge is -2.26. The summed E-state index contributed by atoms with van der Waals surface area (Å²) in [5, 5.41) is 0. The maximum atomic E-state index is 11.4. The minimum Gasteiger partial charge on any atom is -0.466 e. The molecule has 0 heterocycles. The number of rotatable bonds is 7. The fourth-order valence-electron chi connectivity index (χ4n) is 1.81. The predicted molar refractivity (Wildman–Crippen MR) is 73.2 cm³/mol. The molecule has 0 bridgehead atoms. The number of nitrogens with zero attached hydrogens (tertiary/aromatic N) is 1. The van der Waals surface area contributed by atoms with Crippen LogP contribution in [0.1, 0.15) is 32.8 Å². The van der Waals surface area contributed by atoms with Gasteiger partial charge in [-0.15, -0.1) is 0 Å². The summed E-state index contributed by atoms with van der Waals surface area (Å²) in [6.45, 7) is 8.20. The van der Waals surface area contributed by atoms with Crippen LogP contribution in [0, 0.1) is 0 Å². The van der Waals surface area contributed by atoms with Crippen molar-refractivity contribution in [2.75, 3.05) is 13.2 Å². The normalized spacial score (nSPS) is 10.9. The van der Waals surface area contributed by atoms with Crippen LogP contribution in [0.2, 0.25) is 0 Å². The molecular formula is C15H23NO2. The average Bonchev–Trinajstić information content (AvgIpc) is 2.35. The number of hydrogen-bond donors (Lipinski definition) is 0. The van der Waals surface area contributed by atoms with Gasteiger partial charge in [-0.2, -0.15) is 0 Å². The molecule has 0 saturated carbocycles. The Balaban J connectivity index is 2.48. The smallest absolute Gasteiger partial charge is 0.307 e. The molecular weight excluding hydrogens is 226 g/mol. The van der Waals surface area contributed by atoms with E-state index in [1.165, 1.54) is 5.56 Å². The number of benzene rings is 1. The van der Waals surface area contributed by atoms with Crippen molar-refractivity contribution < 1.29 is 9.53 Å². The van der Waals surface area contributed by atoms with Crippen LogP contribution >= 0.6 is 0 Å². The van der Waals surface area contributed by atoms with E-state index in [4.69, 9.17) is 4.74 Å². The molecule has 1 rings (SSSR count). The van der Waals surface area contributed by atoms with Gasteiger partial charge in [0.05, 0.1) is 13.0 Å². The molecule has 0 unspecified atom stereocenters. The summed E-state index contributed by atoms with van der Waals surface area (Å²) < 4.78 is 4.96. The molecule has 0 fully saturated rings. The van der Waals surface area contributed by atoms with Gasteiger partial charge >= 0.3 is 5.97 Å². The number of esters is 1. The summed E-state index contributed by atoms with van der Waals surface area (Å²) in [4.78, 5) is 13.7. The van der Waals surface area contributed by atoms with Gasteiger partial charge in [0.1, 0.15) is 0 Å². The van der Waals surface area contributed by atoms with Gasteiger partial charge in [-0.3, -0.25) is 9.69 Å². The first-order valence-electron chi connectivity index (χ1n) is 6.57. The van der Waals surface area contributed by atoms with Crippen molar-refractivity contribution in [1.29, 1.82) is 0 Å². The van der Waals surface area contributed by atoms with Gasteiger partial charge in [-0.25, -0.2) is 0 Å². The van der Waals surface area contributed by atoms with Crippen molar-refractivity contribution >= 4 is 5.97 Å². The fraction of sp³-hybridized carbons (Fsp3) is 0.533. The summed E-state index contributed by atoms with van der Waals surface area (Å²) in [6.07, 6.45) is 0.457. The summed E-state index contributed by atoms with van der Waals surface area (Å²) in [7, 11) is 0. The first-order chi connectivity index (χ1) is 8.63. The van der Waals surface area contributed by atoms with Crippen LogP contribution in [0.3, 0.4) is 0 Å². The maximum Gasteiger partial charge on any atom is 0.307 e. The minimum absolute atomic E-state index is 0.115. The maximum absolute atomic E-state index is 11.4. The van der Waals surface area contributed by atoms with Gasteiger partial charge in [0.2, 0.25) is 0 Å². The summed E-state index contributed by atoms with van der Waals surface area (Å²) >= 11 is 0. The Morgan fingerprint density at radius 3 is 2.50 bits per heavy atom. The SMILES string of the molecule is CCOC(=O)CCN(Cc1ccccc1)C(C)C.